The van der Waals surface area contributed by atoms with E-state index in [2.05, 4.69) is 20.1 Å². The third-order valence-electron chi connectivity index (χ3n) is 7.76. The second kappa shape index (κ2) is 11.0. The van der Waals surface area contributed by atoms with Crippen molar-refractivity contribution in [2.45, 2.75) is 76.0 Å². The molecule has 8 nitrogen and oxygen atoms in total. The van der Waals surface area contributed by atoms with Crippen molar-refractivity contribution in [1.82, 2.24) is 9.80 Å². The molecule has 3 fully saturated rings. The number of amides is 2. The predicted octanol–water partition coefficient (Wildman–Crippen LogP) is 2.46. The van der Waals surface area contributed by atoms with Crippen LogP contribution in [-0.4, -0.2) is 82.8 Å². The highest BCUT2D eigenvalue weighted by Crippen LogP contribution is 2.64. The van der Waals surface area contributed by atoms with Gasteiger partial charge < -0.3 is 24.4 Å². The summed E-state index contributed by atoms with van der Waals surface area (Å²) in [6.45, 7) is 12.8. The minimum atomic E-state index is -1.05. The summed E-state index contributed by atoms with van der Waals surface area (Å²) in [5, 5.41) is 9.28. The van der Waals surface area contributed by atoms with Crippen LogP contribution in [0.25, 0.3) is 0 Å². The molecule has 3 saturated heterocycles. The number of carbonyl (C=O) groups excluding carboxylic acids is 3. The highest BCUT2D eigenvalue weighted by atomic mass is 16.6. The molecule has 3 aliphatic heterocycles. The Kier molecular flexibility index (Phi) is 8.57. The van der Waals surface area contributed by atoms with Gasteiger partial charge in [0.15, 0.2) is 0 Å². The van der Waals surface area contributed by atoms with Crippen molar-refractivity contribution >= 4 is 17.8 Å². The number of hydrogen-bond donors (Lipinski definition) is 1. The van der Waals surface area contributed by atoms with Crippen molar-refractivity contribution in [3.8, 4) is 0 Å². The molecule has 0 aromatic rings. The van der Waals surface area contributed by atoms with E-state index >= 15 is 0 Å². The zero-order valence-corrected chi connectivity index (χ0v) is 20.7. The van der Waals surface area contributed by atoms with Crippen LogP contribution in [0.5, 0.6) is 0 Å². The maximum atomic E-state index is 14.0. The van der Waals surface area contributed by atoms with Crippen molar-refractivity contribution < 1.29 is 29.0 Å². The molecule has 1 spiro atoms. The van der Waals surface area contributed by atoms with Crippen LogP contribution in [0.3, 0.4) is 0 Å². The first-order valence-corrected chi connectivity index (χ1v) is 12.7. The van der Waals surface area contributed by atoms with Crippen LogP contribution in [0.2, 0.25) is 0 Å². The summed E-state index contributed by atoms with van der Waals surface area (Å²) >= 11 is 0. The van der Waals surface area contributed by atoms with Crippen LogP contribution in [0.4, 0.5) is 0 Å². The molecule has 3 rings (SSSR count). The molecule has 3 aliphatic rings. The molecule has 5 atom stereocenters. The van der Waals surface area contributed by atoms with E-state index < -0.39 is 35.0 Å². The quantitative estimate of drug-likeness (QED) is 0.235. The highest BCUT2D eigenvalue weighted by molar-refractivity contribution is 5.98. The number of hydrogen-bond acceptors (Lipinski definition) is 6. The van der Waals surface area contributed by atoms with Gasteiger partial charge in [-0.3, -0.25) is 14.4 Å². The van der Waals surface area contributed by atoms with Crippen molar-refractivity contribution in [2.24, 2.45) is 11.8 Å². The van der Waals surface area contributed by atoms with Gasteiger partial charge in [-0.15, -0.1) is 6.58 Å². The lowest BCUT2D eigenvalue weighted by Crippen LogP contribution is -2.56. The molecule has 8 heteroatoms. The van der Waals surface area contributed by atoms with Gasteiger partial charge in [-0.2, -0.15) is 0 Å². The van der Waals surface area contributed by atoms with Gasteiger partial charge in [0.1, 0.15) is 24.2 Å². The molecule has 0 saturated carbocycles. The molecule has 0 aromatic heterocycles. The first-order chi connectivity index (χ1) is 16.4. The number of unbranched alkanes of at least 4 members (excludes halogenated alkanes) is 2. The Morgan fingerprint density at radius 3 is 2.62 bits per heavy atom. The molecule has 3 heterocycles. The van der Waals surface area contributed by atoms with Crippen molar-refractivity contribution in [1.29, 1.82) is 0 Å². The number of rotatable bonds is 14. The van der Waals surface area contributed by atoms with Gasteiger partial charge in [-0.05, 0) is 38.5 Å². The number of likely N-dealkylation sites (tertiary alicyclic amines) is 1. The van der Waals surface area contributed by atoms with E-state index in [1.165, 1.54) is 6.08 Å². The zero-order chi connectivity index (χ0) is 24.9. The van der Waals surface area contributed by atoms with E-state index in [4.69, 9.17) is 9.47 Å². The molecular weight excluding hydrogens is 436 g/mol. The van der Waals surface area contributed by atoms with Crippen LogP contribution in [0.15, 0.2) is 25.3 Å². The van der Waals surface area contributed by atoms with Crippen LogP contribution < -0.4 is 0 Å². The molecule has 0 aliphatic carbocycles. The van der Waals surface area contributed by atoms with Gasteiger partial charge in [0.25, 0.3) is 0 Å². The molecule has 1 N–H and O–H groups in total. The van der Waals surface area contributed by atoms with Crippen LogP contribution in [-0.2, 0) is 23.9 Å². The average molecular weight is 477 g/mol. The van der Waals surface area contributed by atoms with E-state index in [0.29, 0.717) is 51.7 Å². The summed E-state index contributed by atoms with van der Waals surface area (Å²) < 4.78 is 12.1. The van der Waals surface area contributed by atoms with Gasteiger partial charge in [0.2, 0.25) is 11.8 Å². The number of ether oxygens (including phenoxy) is 2. The highest BCUT2D eigenvalue weighted by Gasteiger charge is 2.79. The third kappa shape index (κ3) is 4.31. The summed E-state index contributed by atoms with van der Waals surface area (Å²) in [6, 6.07) is -0.800. The molecular formula is C26H40N2O6. The van der Waals surface area contributed by atoms with E-state index in [-0.39, 0.29) is 25.0 Å². The van der Waals surface area contributed by atoms with Crippen LogP contribution >= 0.6 is 0 Å². The van der Waals surface area contributed by atoms with Gasteiger partial charge >= 0.3 is 5.97 Å². The molecule has 2 bridgehead atoms. The lowest BCUT2D eigenvalue weighted by atomic mass is 9.65. The van der Waals surface area contributed by atoms with Gasteiger partial charge in [0, 0.05) is 26.2 Å². The summed E-state index contributed by atoms with van der Waals surface area (Å²) in [5.74, 6) is -2.33. The van der Waals surface area contributed by atoms with E-state index in [1.807, 2.05) is 6.92 Å². The summed E-state index contributed by atoms with van der Waals surface area (Å²) in [7, 11) is 0. The van der Waals surface area contributed by atoms with Crippen LogP contribution in [0, 0.1) is 11.8 Å². The van der Waals surface area contributed by atoms with Crippen molar-refractivity contribution in [2.75, 3.05) is 32.8 Å². The molecule has 2 unspecified atom stereocenters. The Morgan fingerprint density at radius 1 is 1.24 bits per heavy atom. The smallest absolute Gasteiger partial charge is 0.313 e. The number of aliphatic hydroxyl groups is 1. The lowest BCUT2D eigenvalue weighted by molar-refractivity contribution is -0.161. The Bertz CT molecular complexity index is 800. The molecule has 2 amide bonds. The Balaban J connectivity index is 2.03. The first-order valence-electron chi connectivity index (χ1n) is 12.7. The Morgan fingerprint density at radius 2 is 2.00 bits per heavy atom. The first kappa shape index (κ1) is 26.4. The molecule has 34 heavy (non-hydrogen) atoms. The summed E-state index contributed by atoms with van der Waals surface area (Å²) in [5.41, 5.74) is -1.85. The monoisotopic (exact) mass is 476 g/mol. The maximum Gasteiger partial charge on any atom is 0.313 e. The predicted molar refractivity (Wildman–Crippen MR) is 128 cm³/mol. The third-order valence-corrected chi connectivity index (χ3v) is 7.76. The Hall–Kier alpha value is -2.19. The topological polar surface area (TPSA) is 96.4 Å². The lowest BCUT2D eigenvalue weighted by Gasteiger charge is -2.37. The Labute approximate surface area is 202 Å². The standard InChI is InChI=1S/C26H40N2O6/c1-5-9-15-27(14-6-2)23(31)21-26-13-12-25(8-4,34-26)20(24(32)33-18-7-3)19(26)22(30)28(21)16-10-11-17-29/h6-7,19-21,29H,2-3,5,8-18H2,1,4H3/t19-,20-,21?,25+,26?/m0/s1. The second-order valence-corrected chi connectivity index (χ2v) is 9.64. The minimum absolute atomic E-state index is 0.0141. The fourth-order valence-corrected chi connectivity index (χ4v) is 6.19. The number of carbonyl (C=O) groups is 3. The van der Waals surface area contributed by atoms with Crippen molar-refractivity contribution in [3.63, 3.8) is 0 Å². The fourth-order valence-electron chi connectivity index (χ4n) is 6.19. The van der Waals surface area contributed by atoms with E-state index in [1.54, 1.807) is 15.9 Å². The van der Waals surface area contributed by atoms with E-state index in [0.717, 1.165) is 12.8 Å². The second-order valence-electron chi connectivity index (χ2n) is 9.64. The minimum Gasteiger partial charge on any atom is -0.461 e. The van der Waals surface area contributed by atoms with Crippen LogP contribution in [0.1, 0.15) is 58.8 Å². The normalized spacial score (nSPS) is 31.4. The molecule has 0 aromatic carbocycles. The van der Waals surface area contributed by atoms with Crippen molar-refractivity contribution in [3.05, 3.63) is 25.3 Å². The number of nitrogens with zero attached hydrogens (tertiary/aromatic N) is 2. The number of esters is 1. The van der Waals surface area contributed by atoms with Gasteiger partial charge in [-0.25, -0.2) is 0 Å². The maximum absolute atomic E-state index is 14.0. The summed E-state index contributed by atoms with van der Waals surface area (Å²) in [4.78, 5) is 44.5. The SMILES string of the molecule is C=CCOC(=O)[C@@H]1[C@H]2C(=O)N(CCCCO)C(C(=O)N(CC=C)CCCC)C23CC[C@@]1(CC)O3. The molecule has 190 valence electrons. The molecule has 0 radical (unpaired) electrons. The summed E-state index contributed by atoms with van der Waals surface area (Å²) in [6.07, 6.45) is 7.79. The fraction of sp³-hybridized carbons (Fsp3) is 0.731. The average Bonchev–Trinajstić information content (AvgIpc) is 3.44. The van der Waals surface area contributed by atoms with E-state index in [9.17, 15) is 19.5 Å². The number of aliphatic hydroxyl groups excluding tert-OH is 1. The van der Waals surface area contributed by atoms with Gasteiger partial charge in [0.05, 0.1) is 11.5 Å². The number of fused-ring (bicyclic) bond motifs is 1. The van der Waals surface area contributed by atoms with Gasteiger partial charge in [-0.1, -0.05) is 39.0 Å². The zero-order valence-electron chi connectivity index (χ0n) is 20.7. The largest absolute Gasteiger partial charge is 0.461 e.